The Labute approximate surface area is 222 Å². The van der Waals surface area contributed by atoms with E-state index >= 15 is 0 Å². The van der Waals surface area contributed by atoms with Crippen molar-refractivity contribution in [1.82, 2.24) is 4.57 Å². The van der Waals surface area contributed by atoms with E-state index in [2.05, 4.69) is 4.74 Å². The van der Waals surface area contributed by atoms with Gasteiger partial charge in [0.05, 0.1) is 18.2 Å². The number of carboxylic acid groups (broad SMARTS) is 1. The van der Waals surface area contributed by atoms with Crippen LogP contribution in [0.2, 0.25) is 0 Å². The summed E-state index contributed by atoms with van der Waals surface area (Å²) in [5, 5.41) is 9.78. The second-order valence-electron chi connectivity index (χ2n) is 8.83. The average Bonchev–Trinajstić information content (AvgIpc) is 3.16. The maximum atomic E-state index is 13.6. The van der Waals surface area contributed by atoms with E-state index in [1.54, 1.807) is 66.9 Å². The van der Waals surface area contributed by atoms with E-state index in [9.17, 15) is 27.9 Å². The van der Waals surface area contributed by atoms with E-state index in [1.165, 1.54) is 25.3 Å². The molecule has 1 atom stereocenters. The lowest BCUT2D eigenvalue weighted by Crippen LogP contribution is -2.25. The normalized spacial score (nSPS) is 12.3. The summed E-state index contributed by atoms with van der Waals surface area (Å²) in [6, 6.07) is 17.2. The number of nitrogens with zero attached hydrogens (tertiary/aromatic N) is 1. The van der Waals surface area contributed by atoms with Gasteiger partial charge in [-0.2, -0.15) is 0 Å². The average molecular weight is 542 g/mol. The van der Waals surface area contributed by atoms with Crippen molar-refractivity contribution in [1.29, 1.82) is 0 Å². The molecule has 0 bridgehead atoms. The van der Waals surface area contributed by atoms with Crippen LogP contribution in [0, 0.1) is 6.92 Å². The highest BCUT2D eigenvalue weighted by atomic mass is 19.4. The molecule has 0 spiro atoms. The predicted molar refractivity (Wildman–Crippen MR) is 138 cm³/mol. The summed E-state index contributed by atoms with van der Waals surface area (Å²) in [5.41, 5.74) is 2.34. The van der Waals surface area contributed by atoms with Gasteiger partial charge in [0, 0.05) is 29.3 Å². The van der Waals surface area contributed by atoms with Gasteiger partial charge in [-0.15, -0.1) is 13.2 Å². The molecule has 0 aliphatic carbocycles. The Hall–Kier alpha value is -4.47. The maximum absolute atomic E-state index is 13.6. The van der Waals surface area contributed by atoms with Gasteiger partial charge in [0.2, 0.25) is 0 Å². The van der Waals surface area contributed by atoms with E-state index in [0.29, 0.717) is 44.8 Å². The Morgan fingerprint density at radius 3 is 2.28 bits per heavy atom. The Morgan fingerprint density at radius 1 is 0.974 bits per heavy atom. The molecule has 4 rings (SSSR count). The number of fused-ring (bicyclic) bond motifs is 1. The lowest BCUT2D eigenvalue weighted by Gasteiger charge is -2.15. The van der Waals surface area contributed by atoms with Crippen molar-refractivity contribution >= 4 is 22.7 Å². The minimum absolute atomic E-state index is 0.175. The van der Waals surface area contributed by atoms with Crippen molar-refractivity contribution in [3.63, 3.8) is 0 Å². The molecule has 1 aromatic heterocycles. The van der Waals surface area contributed by atoms with Gasteiger partial charge in [0.25, 0.3) is 0 Å². The number of hydrogen-bond acceptors (Lipinski definition) is 5. The van der Waals surface area contributed by atoms with Gasteiger partial charge in [-0.25, -0.2) is 4.79 Å². The number of benzene rings is 3. The van der Waals surface area contributed by atoms with Gasteiger partial charge in [0.1, 0.15) is 17.2 Å². The van der Waals surface area contributed by atoms with Crippen LogP contribution in [0.15, 0.2) is 66.7 Å². The third-order valence-electron chi connectivity index (χ3n) is 6.27. The predicted octanol–water partition coefficient (Wildman–Crippen LogP) is 6.38. The Bertz CT molecular complexity index is 1510. The number of carbonyl (C=O) groups excluding carboxylic acids is 1. The molecule has 7 nitrogen and oxygen atoms in total. The highest BCUT2D eigenvalue weighted by molar-refractivity contribution is 6.17. The second-order valence-corrected chi connectivity index (χ2v) is 8.83. The topological polar surface area (TPSA) is 87.0 Å². The molecule has 0 aliphatic heterocycles. The van der Waals surface area contributed by atoms with E-state index in [1.807, 2.05) is 0 Å². The molecule has 0 aliphatic rings. The number of carbonyl (C=O) groups is 2. The number of halogens is 3. The molecule has 0 amide bonds. The highest BCUT2D eigenvalue weighted by Gasteiger charge is 2.32. The van der Waals surface area contributed by atoms with Gasteiger partial charge < -0.3 is 23.9 Å². The zero-order valence-corrected chi connectivity index (χ0v) is 21.4. The number of alkyl halides is 3. The minimum Gasteiger partial charge on any atom is -0.497 e. The number of rotatable bonds is 10. The molecule has 204 valence electrons. The zero-order chi connectivity index (χ0) is 28.3. The fraction of sp³-hybridized carbons (Fsp3) is 0.241. The molecule has 1 unspecified atom stereocenters. The van der Waals surface area contributed by atoms with Crippen LogP contribution in [0.4, 0.5) is 13.2 Å². The first-order chi connectivity index (χ1) is 18.5. The lowest BCUT2D eigenvalue weighted by molar-refractivity contribution is -0.274. The SMILES string of the molecule is CCC(Oc1cccc(Cn2c(C)c(C(=O)c3ccc(OC)cc3)c3ccc(OC(F)(F)F)cc32)c1)C(=O)O. The van der Waals surface area contributed by atoms with Gasteiger partial charge in [-0.05, 0) is 67.4 Å². The van der Waals surface area contributed by atoms with Crippen molar-refractivity contribution in [2.75, 3.05) is 7.11 Å². The van der Waals surface area contributed by atoms with E-state index in [4.69, 9.17) is 9.47 Å². The molecule has 0 fully saturated rings. The lowest BCUT2D eigenvalue weighted by atomic mass is 10.0. The number of carboxylic acids is 1. The van der Waals surface area contributed by atoms with Gasteiger partial charge in [-0.3, -0.25) is 4.79 Å². The third kappa shape index (κ3) is 6.17. The molecule has 1 heterocycles. The van der Waals surface area contributed by atoms with Crippen LogP contribution in [-0.4, -0.2) is 41.0 Å². The van der Waals surface area contributed by atoms with Crippen molar-refractivity contribution in [3.05, 3.63) is 89.1 Å². The van der Waals surface area contributed by atoms with Crippen molar-refractivity contribution in [2.45, 2.75) is 39.3 Å². The van der Waals surface area contributed by atoms with E-state index < -0.39 is 24.2 Å². The molecule has 4 aromatic rings. The summed E-state index contributed by atoms with van der Waals surface area (Å²) < 4.78 is 55.5. The van der Waals surface area contributed by atoms with Crippen molar-refractivity contribution < 1.29 is 42.1 Å². The maximum Gasteiger partial charge on any atom is 0.573 e. The largest absolute Gasteiger partial charge is 0.573 e. The van der Waals surface area contributed by atoms with Crippen LogP contribution in [-0.2, 0) is 11.3 Å². The summed E-state index contributed by atoms with van der Waals surface area (Å²) in [6.07, 6.45) is -5.64. The first-order valence-corrected chi connectivity index (χ1v) is 12.1. The molecule has 1 N–H and O–H groups in total. The standard InChI is InChI=1S/C29H26F3NO6/c1-4-25(28(35)36)38-21-7-5-6-18(14-21)16-33-17(2)26(27(34)19-8-10-20(37-3)11-9-19)23-13-12-22(15-24(23)33)39-29(30,31)32/h5-15,25H,4,16H2,1-3H3,(H,35,36). The number of ether oxygens (including phenoxy) is 3. The van der Waals surface area contributed by atoms with Crippen LogP contribution in [0.25, 0.3) is 10.9 Å². The van der Waals surface area contributed by atoms with E-state index in [-0.39, 0.29) is 18.7 Å². The smallest absolute Gasteiger partial charge is 0.497 e. The number of aromatic nitrogens is 1. The molecule has 0 saturated carbocycles. The highest BCUT2D eigenvalue weighted by Crippen LogP contribution is 2.34. The van der Waals surface area contributed by atoms with Gasteiger partial charge in [0.15, 0.2) is 11.9 Å². The van der Waals surface area contributed by atoms with Crippen LogP contribution in [0.1, 0.15) is 40.5 Å². The summed E-state index contributed by atoms with van der Waals surface area (Å²) in [6.45, 7) is 3.59. The van der Waals surface area contributed by atoms with Crippen LogP contribution in [0.3, 0.4) is 0 Å². The fourth-order valence-corrected chi connectivity index (χ4v) is 4.40. The summed E-state index contributed by atoms with van der Waals surface area (Å²) in [7, 11) is 1.51. The molecule has 10 heteroatoms. The second kappa shape index (κ2) is 11.1. The molecule has 0 radical (unpaired) electrons. The van der Waals surface area contributed by atoms with Crippen molar-refractivity contribution in [3.8, 4) is 17.2 Å². The molecule has 39 heavy (non-hydrogen) atoms. The Morgan fingerprint density at radius 2 is 1.67 bits per heavy atom. The number of hydrogen-bond donors (Lipinski definition) is 1. The first kappa shape index (κ1) is 27.6. The van der Waals surface area contributed by atoms with Gasteiger partial charge >= 0.3 is 12.3 Å². The summed E-state index contributed by atoms with van der Waals surface area (Å²) >= 11 is 0. The monoisotopic (exact) mass is 541 g/mol. The van der Waals surface area contributed by atoms with Gasteiger partial charge in [-0.1, -0.05) is 19.1 Å². The molecule has 0 saturated heterocycles. The Balaban J connectivity index is 1.79. The number of ketones is 1. The Kier molecular flexibility index (Phi) is 7.85. The summed E-state index contributed by atoms with van der Waals surface area (Å²) in [4.78, 5) is 25.0. The van der Waals surface area contributed by atoms with Crippen LogP contribution < -0.4 is 14.2 Å². The fourth-order valence-electron chi connectivity index (χ4n) is 4.40. The van der Waals surface area contributed by atoms with E-state index in [0.717, 1.165) is 0 Å². The minimum atomic E-state index is -4.88. The quantitative estimate of drug-likeness (QED) is 0.235. The molecular weight excluding hydrogens is 515 g/mol. The van der Waals surface area contributed by atoms with Crippen LogP contribution in [0.5, 0.6) is 17.2 Å². The number of methoxy groups -OCH3 is 1. The number of aliphatic carboxylic acids is 1. The van der Waals surface area contributed by atoms with Crippen LogP contribution >= 0.6 is 0 Å². The molecule has 3 aromatic carbocycles. The van der Waals surface area contributed by atoms with Crippen molar-refractivity contribution in [2.24, 2.45) is 0 Å². The first-order valence-electron chi connectivity index (χ1n) is 12.1. The third-order valence-corrected chi connectivity index (χ3v) is 6.27. The molecular formula is C29H26F3NO6. The summed E-state index contributed by atoms with van der Waals surface area (Å²) in [5.74, 6) is -0.885. The zero-order valence-electron chi connectivity index (χ0n) is 21.4.